The minimum Gasteiger partial charge on any atom is -0.480 e. The number of carboxylic acid groups (broad SMARTS) is 1. The minimum absolute atomic E-state index is 0.0131. The van der Waals surface area contributed by atoms with Crippen molar-refractivity contribution in [3.05, 3.63) is 35.4 Å². The number of hydrogen-bond donors (Lipinski definition) is 2. The minimum atomic E-state index is -3.94. The zero-order valence-electron chi connectivity index (χ0n) is 11.0. The molecule has 116 valence electrons. The van der Waals surface area contributed by atoms with Gasteiger partial charge in [-0.2, -0.15) is 0 Å². The molecule has 21 heavy (non-hydrogen) atoms. The van der Waals surface area contributed by atoms with Crippen molar-refractivity contribution in [1.82, 2.24) is 5.32 Å². The van der Waals surface area contributed by atoms with Crippen molar-refractivity contribution in [3.8, 4) is 0 Å². The van der Waals surface area contributed by atoms with E-state index in [0.29, 0.717) is 0 Å². The molecule has 1 atom stereocenters. The molecule has 1 aromatic rings. The maximum atomic E-state index is 13.0. The number of sulfone groups is 1. The predicted molar refractivity (Wildman–Crippen MR) is 69.1 cm³/mol. The number of aliphatic carboxylic acids is 1. The highest BCUT2D eigenvalue weighted by atomic mass is 32.2. The lowest BCUT2D eigenvalue weighted by molar-refractivity contribution is -0.140. The second-order valence-electron chi connectivity index (χ2n) is 4.39. The highest BCUT2D eigenvalue weighted by Crippen LogP contribution is 2.12. The van der Waals surface area contributed by atoms with Gasteiger partial charge in [-0.15, -0.1) is 0 Å². The first kappa shape index (κ1) is 17.0. The van der Waals surface area contributed by atoms with E-state index in [9.17, 15) is 26.8 Å². The van der Waals surface area contributed by atoms with Crippen LogP contribution >= 0.6 is 0 Å². The second kappa shape index (κ2) is 6.61. The quantitative estimate of drug-likeness (QED) is 0.793. The van der Waals surface area contributed by atoms with E-state index in [2.05, 4.69) is 0 Å². The van der Waals surface area contributed by atoms with Gasteiger partial charge >= 0.3 is 5.97 Å². The number of carbonyl (C=O) groups excluding carboxylic acids is 1. The first-order valence-corrected chi connectivity index (χ1v) is 7.57. The van der Waals surface area contributed by atoms with Crippen LogP contribution in [-0.4, -0.2) is 37.2 Å². The van der Waals surface area contributed by atoms with Gasteiger partial charge in [-0.05, 0) is 17.7 Å². The van der Waals surface area contributed by atoms with Gasteiger partial charge < -0.3 is 10.4 Å². The van der Waals surface area contributed by atoms with Crippen LogP contribution in [-0.2, 0) is 25.2 Å². The van der Waals surface area contributed by atoms with Crippen LogP contribution in [0.15, 0.2) is 18.2 Å². The third-order valence-corrected chi connectivity index (χ3v) is 4.08. The van der Waals surface area contributed by atoms with E-state index in [-0.39, 0.29) is 5.56 Å². The summed E-state index contributed by atoms with van der Waals surface area (Å²) in [6.07, 6.45) is 0. The van der Waals surface area contributed by atoms with E-state index in [1.807, 2.05) is 5.32 Å². The van der Waals surface area contributed by atoms with Crippen LogP contribution in [0, 0.1) is 11.6 Å². The molecule has 0 radical (unpaired) electrons. The number of rotatable bonds is 6. The number of nitrogens with one attached hydrogen (secondary N) is 1. The van der Waals surface area contributed by atoms with Crippen molar-refractivity contribution in [3.63, 3.8) is 0 Å². The molecule has 1 unspecified atom stereocenters. The number of carbonyl (C=O) groups is 2. The van der Waals surface area contributed by atoms with E-state index in [4.69, 9.17) is 5.11 Å². The molecular formula is C12H13F2NO5S. The lowest BCUT2D eigenvalue weighted by Crippen LogP contribution is -2.44. The molecular weight excluding hydrogens is 308 g/mol. The molecule has 1 rings (SSSR count). The van der Waals surface area contributed by atoms with E-state index < -0.39 is 50.9 Å². The molecule has 0 bridgehead atoms. The lowest BCUT2D eigenvalue weighted by atomic mass is 10.2. The summed E-state index contributed by atoms with van der Waals surface area (Å²) in [5.41, 5.74) is -0.0131. The first-order valence-electron chi connectivity index (χ1n) is 5.75. The Labute approximate surface area is 119 Å². The number of carboxylic acids is 1. The largest absolute Gasteiger partial charge is 0.480 e. The molecule has 0 fully saturated rings. The lowest BCUT2D eigenvalue weighted by Gasteiger charge is -2.13. The van der Waals surface area contributed by atoms with Gasteiger partial charge in [0.05, 0.1) is 11.5 Å². The maximum Gasteiger partial charge on any atom is 0.327 e. The molecule has 6 nitrogen and oxygen atoms in total. The molecule has 9 heteroatoms. The zero-order valence-corrected chi connectivity index (χ0v) is 11.8. The molecule has 0 saturated carbocycles. The van der Waals surface area contributed by atoms with Crippen LogP contribution in [0.25, 0.3) is 0 Å². The van der Waals surface area contributed by atoms with Gasteiger partial charge in [0, 0.05) is 6.92 Å². The van der Waals surface area contributed by atoms with Crippen LogP contribution in [0.1, 0.15) is 12.5 Å². The number of benzene rings is 1. The molecule has 0 heterocycles. The van der Waals surface area contributed by atoms with Crippen LogP contribution < -0.4 is 5.32 Å². The average Bonchev–Trinajstić information content (AvgIpc) is 2.31. The summed E-state index contributed by atoms with van der Waals surface area (Å²) in [5.74, 6) is -6.00. The Hall–Kier alpha value is -2.03. The van der Waals surface area contributed by atoms with Gasteiger partial charge in [-0.1, -0.05) is 6.07 Å². The summed E-state index contributed by atoms with van der Waals surface area (Å²) >= 11 is 0. The Morgan fingerprint density at radius 2 is 1.90 bits per heavy atom. The normalized spacial score (nSPS) is 12.7. The average molecular weight is 321 g/mol. The summed E-state index contributed by atoms with van der Waals surface area (Å²) in [4.78, 5) is 21.7. The van der Waals surface area contributed by atoms with E-state index in [1.54, 1.807) is 0 Å². The highest BCUT2D eigenvalue weighted by molar-refractivity contribution is 7.90. The van der Waals surface area contributed by atoms with Crippen LogP contribution in [0.5, 0.6) is 0 Å². The van der Waals surface area contributed by atoms with Gasteiger partial charge in [0.1, 0.15) is 6.04 Å². The highest BCUT2D eigenvalue weighted by Gasteiger charge is 2.26. The molecule has 0 spiro atoms. The number of halogens is 2. The molecule has 0 aliphatic heterocycles. The van der Waals surface area contributed by atoms with Crippen LogP contribution in [0.2, 0.25) is 0 Å². The topological polar surface area (TPSA) is 101 Å². The summed E-state index contributed by atoms with van der Waals surface area (Å²) in [7, 11) is -3.94. The molecule has 0 aromatic heterocycles. The van der Waals surface area contributed by atoms with E-state index in [1.165, 1.54) is 0 Å². The van der Waals surface area contributed by atoms with Gasteiger partial charge in [0.25, 0.3) is 0 Å². The fraction of sp³-hybridized carbons (Fsp3) is 0.333. The molecule has 0 aliphatic carbocycles. The van der Waals surface area contributed by atoms with Crippen molar-refractivity contribution >= 4 is 21.7 Å². The third kappa shape index (κ3) is 5.46. The number of hydrogen-bond acceptors (Lipinski definition) is 4. The predicted octanol–water partition coefficient (Wildman–Crippen LogP) is 0.469. The van der Waals surface area contributed by atoms with Crippen molar-refractivity contribution < 1.29 is 31.9 Å². The SMILES string of the molecule is CC(=O)NC(CS(=O)(=O)Cc1ccc(F)c(F)c1)C(=O)O. The molecule has 0 saturated heterocycles. The van der Waals surface area contributed by atoms with Gasteiger partial charge in [0.2, 0.25) is 5.91 Å². The van der Waals surface area contributed by atoms with Gasteiger partial charge in [-0.3, -0.25) is 4.79 Å². The van der Waals surface area contributed by atoms with Crippen LogP contribution in [0.3, 0.4) is 0 Å². The van der Waals surface area contributed by atoms with Gasteiger partial charge in [-0.25, -0.2) is 22.0 Å². The molecule has 1 amide bonds. The second-order valence-corrected chi connectivity index (χ2v) is 6.50. The van der Waals surface area contributed by atoms with Crippen molar-refractivity contribution in [1.29, 1.82) is 0 Å². The standard InChI is InChI=1S/C12H13F2NO5S/c1-7(16)15-11(12(17)18)6-21(19,20)5-8-2-3-9(13)10(14)4-8/h2-4,11H,5-6H2,1H3,(H,15,16)(H,17,18). The summed E-state index contributed by atoms with van der Waals surface area (Å²) in [5, 5.41) is 10.8. The zero-order chi connectivity index (χ0) is 16.2. The Balaban J connectivity index is 2.87. The molecule has 0 aliphatic rings. The van der Waals surface area contributed by atoms with Crippen molar-refractivity contribution in [2.75, 3.05) is 5.75 Å². The Morgan fingerprint density at radius 1 is 1.29 bits per heavy atom. The van der Waals surface area contributed by atoms with Crippen LogP contribution in [0.4, 0.5) is 8.78 Å². The summed E-state index contributed by atoms with van der Waals surface area (Å²) < 4.78 is 49.5. The smallest absolute Gasteiger partial charge is 0.327 e. The number of amides is 1. The summed E-state index contributed by atoms with van der Waals surface area (Å²) in [6.45, 7) is 1.05. The Morgan fingerprint density at radius 3 is 2.38 bits per heavy atom. The Bertz CT molecular complexity index is 660. The summed E-state index contributed by atoms with van der Waals surface area (Å²) in [6, 6.07) is 0.992. The molecule has 2 N–H and O–H groups in total. The van der Waals surface area contributed by atoms with Crippen molar-refractivity contribution in [2.45, 2.75) is 18.7 Å². The molecule has 1 aromatic carbocycles. The Kier molecular flexibility index (Phi) is 5.36. The fourth-order valence-corrected chi connectivity index (χ4v) is 3.16. The maximum absolute atomic E-state index is 13.0. The third-order valence-electron chi connectivity index (χ3n) is 2.47. The monoisotopic (exact) mass is 321 g/mol. The fourth-order valence-electron chi connectivity index (χ4n) is 1.62. The first-order chi connectivity index (χ1) is 9.60. The van der Waals surface area contributed by atoms with E-state index in [0.717, 1.165) is 25.1 Å². The van der Waals surface area contributed by atoms with E-state index >= 15 is 0 Å². The van der Waals surface area contributed by atoms with Gasteiger partial charge in [0.15, 0.2) is 21.5 Å². The van der Waals surface area contributed by atoms with Crippen molar-refractivity contribution in [2.24, 2.45) is 0 Å².